The van der Waals surface area contributed by atoms with E-state index in [-0.39, 0.29) is 10.8 Å². The van der Waals surface area contributed by atoms with E-state index < -0.39 is 0 Å². The van der Waals surface area contributed by atoms with Crippen LogP contribution in [0.1, 0.15) is 43.5 Å². The molecule has 0 heterocycles. The van der Waals surface area contributed by atoms with Crippen molar-refractivity contribution in [3.8, 4) is 11.5 Å². The molecule has 0 spiro atoms. The maximum absolute atomic E-state index is 6.76. The lowest BCUT2D eigenvalue weighted by atomic mass is 9.81. The Morgan fingerprint density at radius 2 is 1.68 bits per heavy atom. The van der Waals surface area contributed by atoms with E-state index >= 15 is 0 Å². The molecule has 0 saturated heterocycles. The number of benzene rings is 1. The molecule has 0 aromatic heterocycles. The largest absolute Gasteiger partial charge is 0.493 e. The minimum Gasteiger partial charge on any atom is -0.493 e. The quantitative estimate of drug-likeness (QED) is 0.686. The zero-order chi connectivity index (χ0) is 14.0. The fraction of sp³-hybridized carbons (Fsp3) is 0.600. The first-order chi connectivity index (χ1) is 9.01. The number of hydrogen-bond donors (Lipinski definition) is 0. The molecule has 19 heavy (non-hydrogen) atoms. The Morgan fingerprint density at radius 1 is 1.16 bits per heavy atom. The number of halogens is 2. The van der Waals surface area contributed by atoms with Gasteiger partial charge in [-0.15, -0.1) is 11.6 Å². The first-order valence-electron chi connectivity index (χ1n) is 6.57. The summed E-state index contributed by atoms with van der Waals surface area (Å²) in [6.45, 7) is 2.28. The second-order valence-corrected chi connectivity index (χ2v) is 6.74. The zero-order valence-electron chi connectivity index (χ0n) is 11.6. The van der Waals surface area contributed by atoms with Gasteiger partial charge in [-0.05, 0) is 36.0 Å². The van der Waals surface area contributed by atoms with Gasteiger partial charge in [0, 0.05) is 4.47 Å². The summed E-state index contributed by atoms with van der Waals surface area (Å²) in [6, 6.07) is 3.92. The standard InChI is InChI=1S/C15H20BrClO2/c1-15(6-4-5-7-15)14(17)10-8-12(18-2)13(19-3)9-11(10)16/h8-9,14H,4-7H2,1-3H3. The van der Waals surface area contributed by atoms with E-state index in [1.54, 1.807) is 14.2 Å². The van der Waals surface area contributed by atoms with Gasteiger partial charge < -0.3 is 9.47 Å². The summed E-state index contributed by atoms with van der Waals surface area (Å²) in [7, 11) is 3.29. The first kappa shape index (κ1) is 15.0. The van der Waals surface area contributed by atoms with E-state index in [1.165, 1.54) is 25.7 Å². The Bertz CT molecular complexity index is 456. The maximum Gasteiger partial charge on any atom is 0.161 e. The molecule has 1 atom stereocenters. The maximum atomic E-state index is 6.76. The fourth-order valence-electron chi connectivity index (χ4n) is 2.88. The van der Waals surface area contributed by atoms with Crippen LogP contribution in [-0.4, -0.2) is 14.2 Å². The van der Waals surface area contributed by atoms with Crippen molar-refractivity contribution in [3.05, 3.63) is 22.2 Å². The van der Waals surface area contributed by atoms with Gasteiger partial charge in [-0.25, -0.2) is 0 Å². The lowest BCUT2D eigenvalue weighted by molar-refractivity contribution is 0.318. The average molecular weight is 348 g/mol. The van der Waals surface area contributed by atoms with Gasteiger partial charge in [-0.2, -0.15) is 0 Å². The van der Waals surface area contributed by atoms with E-state index in [1.807, 2.05) is 12.1 Å². The fourth-order valence-corrected chi connectivity index (χ4v) is 3.96. The third kappa shape index (κ3) is 2.87. The van der Waals surface area contributed by atoms with Crippen molar-refractivity contribution < 1.29 is 9.47 Å². The Hall–Kier alpha value is -0.410. The molecule has 0 bridgehead atoms. The normalized spacial score (nSPS) is 19.2. The molecule has 2 rings (SSSR count). The third-order valence-electron chi connectivity index (χ3n) is 4.13. The van der Waals surface area contributed by atoms with Gasteiger partial charge in [-0.1, -0.05) is 35.7 Å². The average Bonchev–Trinajstić information content (AvgIpc) is 2.85. The summed E-state index contributed by atoms with van der Waals surface area (Å²) in [5.74, 6) is 1.45. The molecule has 1 fully saturated rings. The van der Waals surface area contributed by atoms with Crippen LogP contribution >= 0.6 is 27.5 Å². The predicted molar refractivity (Wildman–Crippen MR) is 82.4 cm³/mol. The van der Waals surface area contributed by atoms with Gasteiger partial charge in [0.25, 0.3) is 0 Å². The van der Waals surface area contributed by atoms with E-state index in [0.29, 0.717) is 0 Å². The summed E-state index contributed by atoms with van der Waals surface area (Å²) >= 11 is 10.4. The van der Waals surface area contributed by atoms with Gasteiger partial charge in [0.1, 0.15) is 0 Å². The molecule has 106 valence electrons. The molecule has 0 N–H and O–H groups in total. The zero-order valence-corrected chi connectivity index (χ0v) is 14.0. The molecular formula is C15H20BrClO2. The first-order valence-corrected chi connectivity index (χ1v) is 7.80. The highest BCUT2D eigenvalue weighted by atomic mass is 79.9. The Balaban J connectivity index is 2.38. The van der Waals surface area contributed by atoms with Crippen LogP contribution in [0.5, 0.6) is 11.5 Å². The smallest absolute Gasteiger partial charge is 0.161 e. The van der Waals surface area contributed by atoms with Crippen LogP contribution in [0.3, 0.4) is 0 Å². The molecule has 1 aromatic rings. The van der Waals surface area contributed by atoms with Crippen molar-refractivity contribution in [1.29, 1.82) is 0 Å². The van der Waals surface area contributed by atoms with E-state index in [4.69, 9.17) is 21.1 Å². The summed E-state index contributed by atoms with van der Waals surface area (Å²) < 4.78 is 11.7. The van der Waals surface area contributed by atoms with Crippen molar-refractivity contribution in [2.24, 2.45) is 5.41 Å². The predicted octanol–water partition coefficient (Wildman–Crippen LogP) is 5.33. The minimum absolute atomic E-state index is 0.0100. The van der Waals surface area contributed by atoms with Crippen LogP contribution in [0.25, 0.3) is 0 Å². The van der Waals surface area contributed by atoms with E-state index in [2.05, 4.69) is 22.9 Å². The van der Waals surface area contributed by atoms with Crippen molar-refractivity contribution in [1.82, 2.24) is 0 Å². The molecule has 0 aliphatic heterocycles. The molecule has 1 aromatic carbocycles. The van der Waals surface area contributed by atoms with Crippen molar-refractivity contribution in [2.45, 2.75) is 38.0 Å². The molecule has 0 amide bonds. The highest BCUT2D eigenvalue weighted by Gasteiger charge is 2.38. The number of methoxy groups -OCH3 is 2. The van der Waals surface area contributed by atoms with Crippen molar-refractivity contribution in [2.75, 3.05) is 14.2 Å². The molecule has 2 nitrogen and oxygen atoms in total. The molecule has 0 radical (unpaired) electrons. The van der Waals surface area contributed by atoms with Gasteiger partial charge in [0.2, 0.25) is 0 Å². The molecular weight excluding hydrogens is 328 g/mol. The van der Waals surface area contributed by atoms with Crippen LogP contribution in [-0.2, 0) is 0 Å². The van der Waals surface area contributed by atoms with Crippen molar-refractivity contribution in [3.63, 3.8) is 0 Å². The molecule has 1 saturated carbocycles. The Labute approximate surface area is 128 Å². The SMILES string of the molecule is COc1cc(Br)c(C(Cl)C2(C)CCCC2)cc1OC. The van der Waals surface area contributed by atoms with Gasteiger partial charge in [0.05, 0.1) is 19.6 Å². The van der Waals surface area contributed by atoms with Gasteiger partial charge >= 0.3 is 0 Å². The molecule has 1 aliphatic carbocycles. The van der Waals surface area contributed by atoms with Gasteiger partial charge in [0.15, 0.2) is 11.5 Å². The highest BCUT2D eigenvalue weighted by molar-refractivity contribution is 9.10. The second-order valence-electron chi connectivity index (χ2n) is 5.45. The van der Waals surface area contributed by atoms with Crippen LogP contribution < -0.4 is 9.47 Å². The number of rotatable bonds is 4. The lowest BCUT2D eigenvalue weighted by Crippen LogP contribution is -2.18. The summed E-state index contributed by atoms with van der Waals surface area (Å²) in [4.78, 5) is 0. The second kappa shape index (κ2) is 5.92. The lowest BCUT2D eigenvalue weighted by Gasteiger charge is -2.30. The molecule has 1 aliphatic rings. The summed E-state index contributed by atoms with van der Waals surface area (Å²) in [5.41, 5.74) is 1.26. The van der Waals surface area contributed by atoms with Crippen LogP contribution in [0.15, 0.2) is 16.6 Å². The van der Waals surface area contributed by atoms with Crippen LogP contribution in [0.4, 0.5) is 0 Å². The van der Waals surface area contributed by atoms with Gasteiger partial charge in [-0.3, -0.25) is 0 Å². The summed E-state index contributed by atoms with van der Waals surface area (Å²) in [5, 5.41) is -0.0100. The van der Waals surface area contributed by atoms with E-state index in [9.17, 15) is 0 Å². The van der Waals surface area contributed by atoms with Crippen molar-refractivity contribution >= 4 is 27.5 Å². The minimum atomic E-state index is -0.0100. The van der Waals surface area contributed by atoms with E-state index in [0.717, 1.165) is 21.5 Å². The number of ether oxygens (including phenoxy) is 2. The monoisotopic (exact) mass is 346 g/mol. The number of hydrogen-bond acceptors (Lipinski definition) is 2. The molecule has 1 unspecified atom stereocenters. The third-order valence-corrected chi connectivity index (χ3v) is 5.58. The topological polar surface area (TPSA) is 18.5 Å². The highest BCUT2D eigenvalue weighted by Crippen LogP contribution is 2.53. The molecule has 4 heteroatoms. The Kier molecular flexibility index (Phi) is 4.67. The summed E-state index contributed by atoms with van der Waals surface area (Å²) in [6.07, 6.45) is 4.90. The number of alkyl halides is 1. The Morgan fingerprint density at radius 3 is 2.21 bits per heavy atom. The van der Waals surface area contributed by atoms with Crippen LogP contribution in [0.2, 0.25) is 0 Å². The van der Waals surface area contributed by atoms with Crippen LogP contribution in [0, 0.1) is 5.41 Å².